The first-order valence-corrected chi connectivity index (χ1v) is 7.09. The van der Waals surface area contributed by atoms with Crippen molar-refractivity contribution in [3.8, 4) is 0 Å². The van der Waals surface area contributed by atoms with E-state index < -0.39 is 0 Å². The number of nitrogens with zero attached hydrogens (tertiary/aromatic N) is 1. The van der Waals surface area contributed by atoms with Gasteiger partial charge in [-0.3, -0.25) is 0 Å². The van der Waals surface area contributed by atoms with Crippen molar-refractivity contribution >= 4 is 11.3 Å². The quantitative estimate of drug-likeness (QED) is 0.703. The highest BCUT2D eigenvalue weighted by Crippen LogP contribution is 2.59. The molecule has 0 N–H and O–H groups in total. The number of thiazole rings is 1. The van der Waals surface area contributed by atoms with Crippen molar-refractivity contribution in [2.24, 2.45) is 23.7 Å². The van der Waals surface area contributed by atoms with Crippen molar-refractivity contribution < 1.29 is 0 Å². The maximum Gasteiger partial charge on any atom is 0.152 e. The van der Waals surface area contributed by atoms with Crippen LogP contribution in [-0.2, 0) is 0 Å². The Morgan fingerprint density at radius 3 is 2.27 bits per heavy atom. The molecule has 0 unspecified atom stereocenters. The van der Waals surface area contributed by atoms with Crippen LogP contribution in [0.3, 0.4) is 0 Å². The molecule has 4 bridgehead atoms. The highest BCUT2D eigenvalue weighted by molar-refractivity contribution is 7.07. The summed E-state index contributed by atoms with van der Waals surface area (Å²) in [5, 5.41) is 2.24. The zero-order chi connectivity index (χ0) is 9.83. The molecule has 4 fully saturated rings. The number of aromatic nitrogens is 1. The number of rotatable bonds is 1. The normalized spacial score (nSPS) is 47.3. The molecule has 15 heavy (non-hydrogen) atoms. The fourth-order valence-corrected chi connectivity index (χ4v) is 5.29. The lowest BCUT2D eigenvalue weighted by molar-refractivity contribution is -0.00397. The Labute approximate surface area is 94.9 Å². The van der Waals surface area contributed by atoms with Gasteiger partial charge in [-0.25, -0.2) is 4.98 Å². The second kappa shape index (κ2) is 3.07. The van der Waals surface area contributed by atoms with Gasteiger partial charge in [0.2, 0.25) is 0 Å². The Morgan fingerprint density at radius 1 is 1.07 bits per heavy atom. The summed E-state index contributed by atoms with van der Waals surface area (Å²) in [7, 11) is 0. The van der Waals surface area contributed by atoms with E-state index in [1.807, 2.05) is 0 Å². The van der Waals surface area contributed by atoms with Gasteiger partial charge in [0.1, 0.15) is 0 Å². The Morgan fingerprint density at radius 2 is 1.73 bits per heavy atom. The third kappa shape index (κ3) is 1.24. The molecule has 2 heteroatoms. The van der Waals surface area contributed by atoms with E-state index in [0.29, 0.717) is 0 Å². The second-order valence-electron chi connectivity index (χ2n) is 5.82. The van der Waals surface area contributed by atoms with E-state index in [9.17, 15) is 0 Å². The molecule has 1 radical (unpaired) electrons. The van der Waals surface area contributed by atoms with E-state index in [4.69, 9.17) is 0 Å². The molecule has 0 spiro atoms. The van der Waals surface area contributed by atoms with E-state index in [1.54, 1.807) is 17.8 Å². The van der Waals surface area contributed by atoms with Crippen molar-refractivity contribution in [2.45, 2.75) is 38.0 Å². The van der Waals surface area contributed by atoms with Crippen LogP contribution < -0.4 is 0 Å². The predicted molar refractivity (Wildman–Crippen MR) is 60.7 cm³/mol. The summed E-state index contributed by atoms with van der Waals surface area (Å²) in [6, 6.07) is 0. The molecule has 1 aromatic rings. The van der Waals surface area contributed by atoms with Crippen molar-refractivity contribution in [1.29, 1.82) is 0 Å². The smallest absolute Gasteiger partial charge is 0.152 e. The van der Waals surface area contributed by atoms with Crippen LogP contribution in [-0.4, -0.2) is 4.98 Å². The molecule has 1 heterocycles. The molecular weight excluding hydrogens is 202 g/mol. The van der Waals surface area contributed by atoms with Crippen LogP contribution in [0.1, 0.15) is 43.7 Å². The third-order valence-electron chi connectivity index (χ3n) is 4.98. The molecule has 0 aromatic carbocycles. The Bertz CT molecular complexity index is 329. The van der Waals surface area contributed by atoms with Crippen LogP contribution in [0, 0.1) is 29.2 Å². The Kier molecular flexibility index (Phi) is 1.79. The zero-order valence-electron chi connectivity index (χ0n) is 8.86. The maximum atomic E-state index is 4.46. The van der Waals surface area contributed by atoms with Gasteiger partial charge in [-0.05, 0) is 55.8 Å². The van der Waals surface area contributed by atoms with E-state index in [0.717, 1.165) is 29.6 Å². The molecule has 0 aliphatic heterocycles. The molecule has 5 rings (SSSR count). The molecule has 4 saturated carbocycles. The van der Waals surface area contributed by atoms with Gasteiger partial charge in [-0.15, -0.1) is 11.3 Å². The first-order chi connectivity index (χ1) is 7.40. The third-order valence-corrected chi connectivity index (χ3v) is 5.53. The van der Waals surface area contributed by atoms with Gasteiger partial charge in [-0.2, -0.15) is 0 Å². The van der Waals surface area contributed by atoms with E-state index in [2.05, 4.69) is 15.9 Å². The Balaban J connectivity index is 1.71. The fraction of sp³-hybridized carbons (Fsp3) is 0.769. The van der Waals surface area contributed by atoms with Crippen LogP contribution in [0.25, 0.3) is 0 Å². The summed E-state index contributed by atoms with van der Waals surface area (Å²) in [6.07, 6.45) is 7.53. The molecule has 1 nitrogen and oxygen atoms in total. The summed E-state index contributed by atoms with van der Waals surface area (Å²) >= 11 is 1.65. The van der Waals surface area contributed by atoms with Crippen LogP contribution in [0.2, 0.25) is 0 Å². The van der Waals surface area contributed by atoms with Crippen LogP contribution in [0.4, 0.5) is 0 Å². The van der Waals surface area contributed by atoms with E-state index >= 15 is 0 Å². The summed E-state index contributed by atoms with van der Waals surface area (Å²) in [4.78, 5) is 4.46. The molecule has 4 aliphatic rings. The highest BCUT2D eigenvalue weighted by Gasteiger charge is 2.49. The molecule has 79 valence electrons. The lowest BCUT2D eigenvalue weighted by Crippen LogP contribution is -2.43. The van der Waals surface area contributed by atoms with Crippen molar-refractivity contribution in [3.05, 3.63) is 16.6 Å². The minimum absolute atomic E-state index is 0.806. The molecule has 0 atom stereocenters. The molecule has 4 aliphatic carbocycles. The van der Waals surface area contributed by atoms with Crippen LogP contribution in [0.5, 0.6) is 0 Å². The lowest BCUT2D eigenvalue weighted by atomic mass is 9.51. The summed E-state index contributed by atoms with van der Waals surface area (Å²) in [5.41, 5.74) is 4.40. The van der Waals surface area contributed by atoms with Crippen molar-refractivity contribution in [3.63, 3.8) is 0 Å². The van der Waals surface area contributed by atoms with Gasteiger partial charge in [0, 0.05) is 11.3 Å². The predicted octanol–water partition coefficient (Wildman–Crippen LogP) is 3.48. The second-order valence-corrected chi connectivity index (χ2v) is 6.47. The number of hydrogen-bond donors (Lipinski definition) is 0. The largest absolute Gasteiger partial charge is 0.238 e. The highest BCUT2D eigenvalue weighted by atomic mass is 32.1. The first-order valence-electron chi connectivity index (χ1n) is 6.21. The van der Waals surface area contributed by atoms with Gasteiger partial charge in [0.15, 0.2) is 5.51 Å². The molecular formula is C13H16NS. The van der Waals surface area contributed by atoms with E-state index in [-0.39, 0.29) is 0 Å². The summed E-state index contributed by atoms with van der Waals surface area (Å²) in [5.74, 6) is 4.89. The average Bonchev–Trinajstić information content (AvgIpc) is 2.69. The SMILES string of the molecule is [c]1nc(C2C3CC4CC(C3)CC2C4)cs1. The molecule has 1 aromatic heterocycles. The minimum atomic E-state index is 0.806. The van der Waals surface area contributed by atoms with Crippen LogP contribution >= 0.6 is 11.3 Å². The summed E-state index contributed by atoms with van der Waals surface area (Å²) < 4.78 is 0. The average molecular weight is 218 g/mol. The topological polar surface area (TPSA) is 12.9 Å². The monoisotopic (exact) mass is 218 g/mol. The fourth-order valence-electron chi connectivity index (χ4n) is 4.75. The van der Waals surface area contributed by atoms with Crippen LogP contribution in [0.15, 0.2) is 5.38 Å². The van der Waals surface area contributed by atoms with Crippen molar-refractivity contribution in [1.82, 2.24) is 4.98 Å². The first kappa shape index (κ1) is 8.74. The van der Waals surface area contributed by atoms with Gasteiger partial charge in [-0.1, -0.05) is 0 Å². The number of hydrogen-bond acceptors (Lipinski definition) is 2. The van der Waals surface area contributed by atoms with Crippen molar-refractivity contribution in [2.75, 3.05) is 0 Å². The van der Waals surface area contributed by atoms with Gasteiger partial charge < -0.3 is 0 Å². The standard InChI is InChI=1S/C13H16NS/c1-8-2-10-4-9(1)5-11(3-8)13(10)12-6-15-7-14-12/h6,8-11,13H,1-5H2. The Hall–Kier alpha value is -0.370. The van der Waals surface area contributed by atoms with Gasteiger partial charge in [0.25, 0.3) is 0 Å². The van der Waals surface area contributed by atoms with Gasteiger partial charge >= 0.3 is 0 Å². The molecule has 0 saturated heterocycles. The van der Waals surface area contributed by atoms with Gasteiger partial charge in [0.05, 0.1) is 5.69 Å². The minimum Gasteiger partial charge on any atom is -0.238 e. The lowest BCUT2D eigenvalue weighted by Gasteiger charge is -2.54. The van der Waals surface area contributed by atoms with E-state index in [1.165, 1.54) is 31.4 Å². The molecule has 0 amide bonds. The maximum absolute atomic E-state index is 4.46. The zero-order valence-corrected chi connectivity index (χ0v) is 9.67. The summed E-state index contributed by atoms with van der Waals surface area (Å²) in [6.45, 7) is 0.